The second kappa shape index (κ2) is 9.61. The van der Waals surface area contributed by atoms with Crippen LogP contribution in [0.2, 0.25) is 0 Å². The lowest BCUT2D eigenvalue weighted by atomic mass is 10.1. The molecule has 3 N–H and O–H groups in total. The molecule has 0 saturated carbocycles. The number of anilines is 1. The number of rotatable bonds is 7. The molecule has 6 nitrogen and oxygen atoms in total. The van der Waals surface area contributed by atoms with Crippen molar-refractivity contribution in [3.8, 4) is 0 Å². The molecule has 0 radical (unpaired) electrons. The monoisotopic (exact) mass is 399 g/mol. The maximum atomic E-state index is 12.5. The first-order chi connectivity index (χ1) is 13.6. The maximum Gasteiger partial charge on any atom is 0.322 e. The van der Waals surface area contributed by atoms with Crippen LogP contribution >= 0.6 is 11.8 Å². The molecule has 1 aliphatic heterocycles. The Labute approximate surface area is 169 Å². The van der Waals surface area contributed by atoms with Gasteiger partial charge in [0.05, 0.1) is 12.6 Å². The van der Waals surface area contributed by atoms with Gasteiger partial charge >= 0.3 is 6.03 Å². The molecular formula is C21H25N3O3S. The summed E-state index contributed by atoms with van der Waals surface area (Å²) >= 11 is 1.68. The number of nitrogens with zero attached hydrogens (tertiary/aromatic N) is 1. The Kier molecular flexibility index (Phi) is 6.95. The van der Waals surface area contributed by atoms with Crippen molar-refractivity contribution in [2.75, 3.05) is 23.9 Å². The second-order valence-electron chi connectivity index (χ2n) is 6.77. The van der Waals surface area contributed by atoms with Gasteiger partial charge in [0.25, 0.3) is 5.91 Å². The molecule has 0 bridgehead atoms. The van der Waals surface area contributed by atoms with Crippen LogP contribution < -0.4 is 10.6 Å². The lowest BCUT2D eigenvalue weighted by molar-refractivity contribution is 0.0915. The molecule has 0 saturated heterocycles. The number of amides is 3. The number of carbonyl (C=O) groups excluding carboxylic acids is 2. The number of aliphatic hydroxyl groups excluding tert-OH is 1. The molecule has 28 heavy (non-hydrogen) atoms. The van der Waals surface area contributed by atoms with E-state index in [1.54, 1.807) is 40.9 Å². The Morgan fingerprint density at radius 1 is 1.11 bits per heavy atom. The average molecular weight is 400 g/mol. The smallest absolute Gasteiger partial charge is 0.322 e. The van der Waals surface area contributed by atoms with Gasteiger partial charge in [0.15, 0.2) is 0 Å². The Bertz CT molecular complexity index is 801. The van der Waals surface area contributed by atoms with Crippen LogP contribution in [0.3, 0.4) is 0 Å². The fourth-order valence-electron chi connectivity index (χ4n) is 3.12. The van der Waals surface area contributed by atoms with Gasteiger partial charge in [-0.1, -0.05) is 24.3 Å². The summed E-state index contributed by atoms with van der Waals surface area (Å²) in [5.74, 6) is 0.643. The van der Waals surface area contributed by atoms with Crippen molar-refractivity contribution in [1.29, 1.82) is 0 Å². The lowest BCUT2D eigenvalue weighted by Gasteiger charge is -2.17. The van der Waals surface area contributed by atoms with Crippen molar-refractivity contribution in [1.82, 2.24) is 10.2 Å². The first-order valence-electron chi connectivity index (χ1n) is 9.24. The van der Waals surface area contributed by atoms with Crippen molar-refractivity contribution in [3.63, 3.8) is 0 Å². The third-order valence-electron chi connectivity index (χ3n) is 4.75. The Balaban J connectivity index is 1.54. The molecule has 148 valence electrons. The number of thioether (sulfide) groups is 1. The third-order valence-corrected chi connectivity index (χ3v) is 5.40. The molecule has 0 spiro atoms. The van der Waals surface area contributed by atoms with Crippen molar-refractivity contribution in [2.45, 2.75) is 25.6 Å². The average Bonchev–Trinajstić information content (AvgIpc) is 3.16. The highest BCUT2D eigenvalue weighted by atomic mass is 32.2. The van der Waals surface area contributed by atoms with Gasteiger partial charge in [-0.05, 0) is 53.8 Å². The van der Waals surface area contributed by atoms with Crippen LogP contribution in [-0.4, -0.2) is 46.6 Å². The van der Waals surface area contributed by atoms with E-state index in [2.05, 4.69) is 10.6 Å². The van der Waals surface area contributed by atoms with Crippen LogP contribution in [-0.2, 0) is 13.1 Å². The number of carbonyl (C=O) groups is 2. The maximum absolute atomic E-state index is 12.5. The molecule has 7 heteroatoms. The number of hydrogen-bond donors (Lipinski definition) is 3. The largest absolute Gasteiger partial charge is 0.394 e. The van der Waals surface area contributed by atoms with E-state index < -0.39 is 0 Å². The summed E-state index contributed by atoms with van der Waals surface area (Å²) in [7, 11) is 0. The Morgan fingerprint density at radius 3 is 2.32 bits per heavy atom. The molecule has 3 amide bonds. The Morgan fingerprint density at radius 2 is 1.75 bits per heavy atom. The molecular weight excluding hydrogens is 374 g/mol. The summed E-state index contributed by atoms with van der Waals surface area (Å²) in [5.41, 5.74) is 3.47. The molecule has 1 aliphatic rings. The summed E-state index contributed by atoms with van der Waals surface area (Å²) in [6.45, 7) is 1.11. The molecule has 1 atom stereocenters. The molecule has 3 rings (SSSR count). The zero-order valence-corrected chi connectivity index (χ0v) is 16.7. The van der Waals surface area contributed by atoms with E-state index in [1.807, 2.05) is 30.5 Å². The van der Waals surface area contributed by atoms with Crippen LogP contribution in [0, 0.1) is 0 Å². The molecule has 2 aromatic carbocycles. The topological polar surface area (TPSA) is 81.7 Å². The highest BCUT2D eigenvalue weighted by Crippen LogP contribution is 2.23. The van der Waals surface area contributed by atoms with Gasteiger partial charge in [0.1, 0.15) is 0 Å². The van der Waals surface area contributed by atoms with Crippen LogP contribution in [0.1, 0.15) is 27.9 Å². The predicted molar refractivity (Wildman–Crippen MR) is 112 cm³/mol. The molecule has 0 unspecified atom stereocenters. The predicted octanol–water partition coefficient (Wildman–Crippen LogP) is 3.08. The second-order valence-corrected chi connectivity index (χ2v) is 7.75. The quantitative estimate of drug-likeness (QED) is 0.668. The number of urea groups is 1. The van der Waals surface area contributed by atoms with Crippen molar-refractivity contribution in [2.24, 2.45) is 0 Å². The number of hydrogen-bond acceptors (Lipinski definition) is 4. The van der Waals surface area contributed by atoms with Crippen LogP contribution in [0.4, 0.5) is 10.5 Å². The minimum Gasteiger partial charge on any atom is -0.394 e. The molecule has 0 aliphatic carbocycles. The third kappa shape index (κ3) is 5.05. The number of benzene rings is 2. The summed E-state index contributed by atoms with van der Waals surface area (Å²) < 4.78 is 0. The van der Waals surface area contributed by atoms with E-state index in [0.29, 0.717) is 24.3 Å². The van der Waals surface area contributed by atoms with Crippen molar-refractivity contribution in [3.05, 3.63) is 65.2 Å². The number of nitrogens with one attached hydrogen (secondary N) is 2. The first kappa shape index (κ1) is 20.2. The summed E-state index contributed by atoms with van der Waals surface area (Å²) in [6.07, 6.45) is 2.71. The zero-order chi connectivity index (χ0) is 19.9. The summed E-state index contributed by atoms with van der Waals surface area (Å²) in [6, 6.07) is 14.4. The molecule has 2 aromatic rings. The van der Waals surface area contributed by atoms with E-state index >= 15 is 0 Å². The van der Waals surface area contributed by atoms with Gasteiger partial charge in [0, 0.05) is 24.3 Å². The summed E-state index contributed by atoms with van der Waals surface area (Å²) in [4.78, 5) is 26.6. The van der Waals surface area contributed by atoms with E-state index in [1.165, 1.54) is 11.1 Å². The van der Waals surface area contributed by atoms with Gasteiger partial charge in [-0.25, -0.2) is 4.79 Å². The minimum absolute atomic E-state index is 0.0847. The van der Waals surface area contributed by atoms with Crippen LogP contribution in [0.15, 0.2) is 48.5 Å². The van der Waals surface area contributed by atoms with Crippen molar-refractivity contribution >= 4 is 29.4 Å². The lowest BCUT2D eigenvalue weighted by Crippen LogP contribution is -2.37. The molecule has 0 aromatic heterocycles. The van der Waals surface area contributed by atoms with Gasteiger partial charge in [0.2, 0.25) is 0 Å². The molecule has 1 heterocycles. The minimum atomic E-state index is -0.254. The first-order valence-corrected chi connectivity index (χ1v) is 10.6. The van der Waals surface area contributed by atoms with Gasteiger partial charge in [-0.15, -0.1) is 0 Å². The fourth-order valence-corrected chi connectivity index (χ4v) is 3.64. The van der Waals surface area contributed by atoms with E-state index in [4.69, 9.17) is 0 Å². The molecule has 0 fully saturated rings. The Hall–Kier alpha value is -2.51. The van der Waals surface area contributed by atoms with Gasteiger partial charge in [-0.2, -0.15) is 11.8 Å². The SMILES string of the molecule is CSCC[C@@H](CO)NC(=O)c1ccc(NC(=O)N2Cc3ccccc3C2)cc1. The fraction of sp³-hybridized carbons (Fsp3) is 0.333. The number of aliphatic hydroxyl groups is 1. The van der Waals surface area contributed by atoms with Gasteiger partial charge < -0.3 is 20.6 Å². The standard InChI is InChI=1S/C21H25N3O3S/c1-28-11-10-19(14-25)22-20(26)15-6-8-18(9-7-15)23-21(27)24-12-16-4-2-3-5-17(16)13-24/h2-9,19,25H,10-14H2,1H3,(H,22,26)(H,23,27)/t19-/m0/s1. The highest BCUT2D eigenvalue weighted by Gasteiger charge is 2.22. The van der Waals surface area contributed by atoms with Crippen LogP contribution in [0.25, 0.3) is 0 Å². The van der Waals surface area contributed by atoms with Crippen molar-refractivity contribution < 1.29 is 14.7 Å². The van der Waals surface area contributed by atoms with E-state index in [9.17, 15) is 14.7 Å². The number of fused-ring (bicyclic) bond motifs is 1. The zero-order valence-electron chi connectivity index (χ0n) is 15.9. The van der Waals surface area contributed by atoms with Crippen LogP contribution in [0.5, 0.6) is 0 Å². The van der Waals surface area contributed by atoms with E-state index in [-0.39, 0.29) is 24.6 Å². The van der Waals surface area contributed by atoms with E-state index in [0.717, 1.165) is 12.2 Å². The normalized spacial score (nSPS) is 13.7. The van der Waals surface area contributed by atoms with Gasteiger partial charge in [-0.3, -0.25) is 4.79 Å². The highest BCUT2D eigenvalue weighted by molar-refractivity contribution is 7.98. The summed E-state index contributed by atoms with van der Waals surface area (Å²) in [5, 5.41) is 15.1.